The number of hydrogen-bond donors (Lipinski definition) is 2. The number of anilines is 2. The number of rotatable bonds is 3. The minimum absolute atomic E-state index is 0.441. The molecule has 0 aromatic carbocycles. The summed E-state index contributed by atoms with van der Waals surface area (Å²) >= 11 is 0. The molecule has 1 aliphatic rings. The maximum atomic E-state index is 12.3. The van der Waals surface area contributed by atoms with E-state index in [4.69, 9.17) is 5.73 Å². The summed E-state index contributed by atoms with van der Waals surface area (Å²) in [6.07, 6.45) is -1.63. The zero-order valence-electron chi connectivity index (χ0n) is 12.4. The van der Waals surface area contributed by atoms with Gasteiger partial charge in [-0.25, -0.2) is 4.68 Å². The van der Waals surface area contributed by atoms with Gasteiger partial charge in [-0.3, -0.25) is 4.79 Å². The third-order valence-corrected chi connectivity index (χ3v) is 3.76. The molecule has 1 saturated heterocycles. The first-order chi connectivity index (χ1) is 10.3. The maximum absolute atomic E-state index is 12.3. The van der Waals surface area contributed by atoms with Gasteiger partial charge >= 0.3 is 12.1 Å². The van der Waals surface area contributed by atoms with E-state index in [9.17, 15) is 18.0 Å². The summed E-state index contributed by atoms with van der Waals surface area (Å²) in [6.45, 7) is 3.81. The third-order valence-electron chi connectivity index (χ3n) is 3.76. The van der Waals surface area contributed by atoms with Crippen LogP contribution in [0.4, 0.5) is 24.7 Å². The van der Waals surface area contributed by atoms with Crippen molar-refractivity contribution >= 4 is 17.4 Å². The predicted molar refractivity (Wildman–Crippen MR) is 76.4 cm³/mol. The fraction of sp³-hybridized carbons (Fsp3) is 0.692. The minimum atomic E-state index is -4.84. The Bertz CT molecular complexity index is 528. The van der Waals surface area contributed by atoms with Crippen molar-refractivity contribution in [3.05, 3.63) is 6.20 Å². The predicted octanol–water partition coefficient (Wildman–Crippen LogP) is 1.52. The summed E-state index contributed by atoms with van der Waals surface area (Å²) < 4.78 is 38.7. The molecule has 124 valence electrons. The van der Waals surface area contributed by atoms with Crippen LogP contribution < -0.4 is 16.0 Å². The van der Waals surface area contributed by atoms with Crippen molar-refractivity contribution in [2.24, 2.45) is 0 Å². The first-order valence-electron chi connectivity index (χ1n) is 7.26. The molecule has 1 amide bonds. The maximum Gasteiger partial charge on any atom is 0.471 e. The third kappa shape index (κ3) is 3.63. The lowest BCUT2D eigenvalue weighted by Gasteiger charge is -2.24. The van der Waals surface area contributed by atoms with Crippen LogP contribution in [0.2, 0.25) is 0 Å². The summed E-state index contributed by atoms with van der Waals surface area (Å²) in [5.41, 5.74) is 6.48. The number of aromatic nitrogens is 2. The van der Waals surface area contributed by atoms with Crippen LogP contribution in [0.15, 0.2) is 6.20 Å². The summed E-state index contributed by atoms with van der Waals surface area (Å²) in [5, 5.41) is 6.23. The Morgan fingerprint density at radius 2 is 2.18 bits per heavy atom. The molecular formula is C13H20F3N5O. The van der Waals surface area contributed by atoms with Gasteiger partial charge in [-0.1, -0.05) is 0 Å². The number of carbonyl (C=O) groups is 1. The molecule has 0 bridgehead atoms. The topological polar surface area (TPSA) is 76.2 Å². The number of nitrogen functional groups attached to an aromatic ring is 1. The molecule has 1 unspecified atom stereocenters. The van der Waals surface area contributed by atoms with E-state index >= 15 is 0 Å². The average Bonchev–Trinajstić information content (AvgIpc) is 2.67. The molecule has 0 aliphatic carbocycles. The van der Waals surface area contributed by atoms with E-state index in [0.717, 1.165) is 5.82 Å². The molecule has 1 atom stereocenters. The number of carbonyl (C=O) groups excluding carboxylic acids is 1. The Balaban J connectivity index is 2.01. The Labute approximate surface area is 126 Å². The van der Waals surface area contributed by atoms with Gasteiger partial charge in [0.25, 0.3) is 0 Å². The van der Waals surface area contributed by atoms with Crippen LogP contribution in [0.25, 0.3) is 0 Å². The fourth-order valence-corrected chi connectivity index (χ4v) is 2.69. The van der Waals surface area contributed by atoms with Gasteiger partial charge in [0.2, 0.25) is 0 Å². The highest BCUT2D eigenvalue weighted by Gasteiger charge is 2.39. The molecule has 6 nitrogen and oxygen atoms in total. The number of nitrogens with two attached hydrogens (primary N) is 1. The highest BCUT2D eigenvalue weighted by Crippen LogP contribution is 2.26. The number of nitrogens with one attached hydrogen (secondary N) is 1. The highest BCUT2D eigenvalue weighted by molar-refractivity contribution is 5.81. The van der Waals surface area contributed by atoms with Crippen LogP contribution in [0.3, 0.4) is 0 Å². The van der Waals surface area contributed by atoms with Crippen LogP contribution >= 0.6 is 0 Å². The Kier molecular flexibility index (Phi) is 4.82. The van der Waals surface area contributed by atoms with Gasteiger partial charge in [0.15, 0.2) is 0 Å². The fourth-order valence-electron chi connectivity index (χ4n) is 2.69. The molecule has 2 rings (SSSR count). The summed E-state index contributed by atoms with van der Waals surface area (Å²) in [6, 6.07) is -0.474. The smallest absolute Gasteiger partial charge is 0.394 e. The van der Waals surface area contributed by atoms with Gasteiger partial charge in [0.05, 0.1) is 11.9 Å². The van der Waals surface area contributed by atoms with Crippen LogP contribution in [0.1, 0.15) is 26.2 Å². The molecular weight excluding hydrogens is 299 g/mol. The lowest BCUT2D eigenvalue weighted by molar-refractivity contribution is -0.174. The number of amides is 1. The minimum Gasteiger partial charge on any atom is -0.394 e. The molecule has 1 aromatic heterocycles. The molecule has 1 aliphatic heterocycles. The normalized spacial score (nSPS) is 19.8. The largest absolute Gasteiger partial charge is 0.471 e. The molecule has 3 N–H and O–H groups in total. The first-order valence-corrected chi connectivity index (χ1v) is 7.26. The second kappa shape index (κ2) is 6.45. The molecule has 2 heterocycles. The van der Waals surface area contributed by atoms with Crippen molar-refractivity contribution in [3.63, 3.8) is 0 Å². The number of alkyl halides is 3. The number of hydrogen-bond acceptors (Lipinski definition) is 4. The second-order valence-corrected chi connectivity index (χ2v) is 5.33. The number of halogens is 3. The van der Waals surface area contributed by atoms with E-state index in [-0.39, 0.29) is 0 Å². The van der Waals surface area contributed by atoms with Crippen molar-refractivity contribution in [1.29, 1.82) is 0 Å². The van der Waals surface area contributed by atoms with E-state index in [1.54, 1.807) is 10.9 Å². The van der Waals surface area contributed by atoms with Crippen molar-refractivity contribution in [2.75, 3.05) is 23.7 Å². The first kappa shape index (κ1) is 16.4. The lowest BCUT2D eigenvalue weighted by atomic mass is 10.1. The van der Waals surface area contributed by atoms with Crippen LogP contribution in [-0.4, -0.2) is 41.0 Å². The van der Waals surface area contributed by atoms with E-state index in [0.29, 0.717) is 44.6 Å². The quantitative estimate of drug-likeness (QED) is 0.886. The van der Waals surface area contributed by atoms with E-state index in [1.807, 2.05) is 11.8 Å². The van der Waals surface area contributed by atoms with Gasteiger partial charge in [-0.2, -0.15) is 18.3 Å². The summed E-state index contributed by atoms with van der Waals surface area (Å²) in [5.74, 6) is -1.07. The van der Waals surface area contributed by atoms with Crippen molar-refractivity contribution in [2.45, 2.75) is 44.9 Å². The van der Waals surface area contributed by atoms with Crippen molar-refractivity contribution < 1.29 is 18.0 Å². The number of nitrogens with zero attached hydrogens (tertiary/aromatic N) is 3. The SMILES string of the molecule is CCn1ncc(N)c1N1CCCC(NC(=O)C(F)(F)F)CC1. The van der Waals surface area contributed by atoms with E-state index in [2.05, 4.69) is 10.4 Å². The molecule has 22 heavy (non-hydrogen) atoms. The van der Waals surface area contributed by atoms with E-state index in [1.165, 1.54) is 0 Å². The van der Waals surface area contributed by atoms with Gasteiger partial charge in [0, 0.05) is 25.7 Å². The monoisotopic (exact) mass is 319 g/mol. The van der Waals surface area contributed by atoms with Crippen LogP contribution in [0.5, 0.6) is 0 Å². The van der Waals surface area contributed by atoms with E-state index < -0.39 is 18.1 Å². The van der Waals surface area contributed by atoms with Crippen LogP contribution in [-0.2, 0) is 11.3 Å². The summed E-state index contributed by atoms with van der Waals surface area (Å²) in [7, 11) is 0. The Hall–Kier alpha value is -1.93. The standard InChI is InChI=1S/C13H20F3N5O/c1-2-21-11(10(17)8-18-21)20-6-3-4-9(5-7-20)19-12(22)13(14,15)16/h8-9H,2-7,17H2,1H3,(H,19,22). The molecule has 0 saturated carbocycles. The zero-order valence-corrected chi connectivity index (χ0v) is 12.4. The van der Waals surface area contributed by atoms with Crippen molar-refractivity contribution in [1.82, 2.24) is 15.1 Å². The number of aryl methyl sites for hydroxylation is 1. The average molecular weight is 319 g/mol. The highest BCUT2D eigenvalue weighted by atomic mass is 19.4. The molecule has 0 radical (unpaired) electrons. The molecule has 0 spiro atoms. The Morgan fingerprint density at radius 3 is 2.82 bits per heavy atom. The summed E-state index contributed by atoms with van der Waals surface area (Å²) in [4.78, 5) is 13.0. The zero-order chi connectivity index (χ0) is 16.3. The van der Waals surface area contributed by atoms with Crippen LogP contribution in [0, 0.1) is 0 Å². The second-order valence-electron chi connectivity index (χ2n) is 5.33. The van der Waals surface area contributed by atoms with Gasteiger partial charge < -0.3 is 16.0 Å². The Morgan fingerprint density at radius 1 is 1.45 bits per heavy atom. The van der Waals surface area contributed by atoms with Gasteiger partial charge in [-0.15, -0.1) is 0 Å². The molecule has 1 aromatic rings. The molecule has 1 fully saturated rings. The van der Waals surface area contributed by atoms with Gasteiger partial charge in [-0.05, 0) is 26.2 Å². The van der Waals surface area contributed by atoms with Gasteiger partial charge in [0.1, 0.15) is 5.82 Å². The van der Waals surface area contributed by atoms with Crippen molar-refractivity contribution in [3.8, 4) is 0 Å². The lowest BCUT2D eigenvalue weighted by Crippen LogP contribution is -2.43. The molecule has 9 heteroatoms.